The molecule has 0 aromatic heterocycles. The van der Waals surface area contributed by atoms with Gasteiger partial charge in [0, 0.05) is 17.7 Å². The summed E-state index contributed by atoms with van der Waals surface area (Å²) in [5, 5.41) is 3.58. The smallest absolute Gasteiger partial charge is 0.165 e. The van der Waals surface area contributed by atoms with Crippen LogP contribution in [0.3, 0.4) is 0 Å². The summed E-state index contributed by atoms with van der Waals surface area (Å²) < 4.78 is 0. The van der Waals surface area contributed by atoms with Crippen LogP contribution in [0, 0.1) is 13.8 Å². The highest BCUT2D eigenvalue weighted by Crippen LogP contribution is 2.27. The van der Waals surface area contributed by atoms with E-state index < -0.39 is 0 Å². The summed E-state index contributed by atoms with van der Waals surface area (Å²) in [6, 6.07) is 25.8. The highest BCUT2D eigenvalue weighted by atomic mass is 16.1. The summed E-state index contributed by atoms with van der Waals surface area (Å²) in [5.74, 6) is 0.146. The van der Waals surface area contributed by atoms with Gasteiger partial charge in [-0.15, -0.1) is 0 Å². The van der Waals surface area contributed by atoms with Gasteiger partial charge in [0.05, 0.1) is 6.04 Å². The molecule has 25 heavy (non-hydrogen) atoms. The van der Waals surface area contributed by atoms with Gasteiger partial charge in [-0.1, -0.05) is 72.8 Å². The Morgan fingerprint density at radius 1 is 0.840 bits per heavy atom. The van der Waals surface area contributed by atoms with Crippen LogP contribution in [-0.4, -0.2) is 5.78 Å². The zero-order chi connectivity index (χ0) is 17.6. The van der Waals surface area contributed by atoms with E-state index in [1.54, 1.807) is 0 Å². The van der Waals surface area contributed by atoms with Crippen molar-refractivity contribution in [1.82, 2.24) is 0 Å². The number of nitrogens with one attached hydrogen (secondary N) is 1. The first kappa shape index (κ1) is 17.0. The molecule has 1 N–H and O–H groups in total. The van der Waals surface area contributed by atoms with Crippen LogP contribution in [0.4, 0.5) is 5.69 Å². The molecule has 3 rings (SSSR count). The van der Waals surface area contributed by atoms with Crippen molar-refractivity contribution in [2.24, 2.45) is 0 Å². The monoisotopic (exact) mass is 329 g/mol. The molecule has 0 spiro atoms. The fraction of sp³-hybridized carbons (Fsp3) is 0.174. The third-order valence-electron chi connectivity index (χ3n) is 4.62. The maximum absolute atomic E-state index is 12.7. The molecule has 3 aromatic rings. The van der Waals surface area contributed by atoms with Gasteiger partial charge in [-0.2, -0.15) is 0 Å². The molecule has 3 aromatic carbocycles. The van der Waals surface area contributed by atoms with E-state index in [9.17, 15) is 4.79 Å². The van der Waals surface area contributed by atoms with Crippen LogP contribution in [0.1, 0.15) is 39.5 Å². The maximum Gasteiger partial charge on any atom is 0.165 e. The van der Waals surface area contributed by atoms with Crippen molar-refractivity contribution in [1.29, 1.82) is 0 Å². The Kier molecular flexibility index (Phi) is 5.30. The molecule has 0 aliphatic carbocycles. The normalized spacial score (nSPS) is 11.8. The van der Waals surface area contributed by atoms with Crippen LogP contribution < -0.4 is 5.32 Å². The SMILES string of the molecule is Cc1cccc(N[C@H](CC(=O)c2ccccc2)c2ccccc2)c1C. The molecule has 0 bridgehead atoms. The van der Waals surface area contributed by atoms with Gasteiger partial charge in [0.2, 0.25) is 0 Å². The fourth-order valence-corrected chi connectivity index (χ4v) is 2.96. The van der Waals surface area contributed by atoms with Gasteiger partial charge in [0.1, 0.15) is 0 Å². The minimum absolute atomic E-state index is 0.0607. The Bertz CT molecular complexity index is 840. The Labute approximate surface area is 149 Å². The predicted molar refractivity (Wildman–Crippen MR) is 104 cm³/mol. The molecule has 0 heterocycles. The van der Waals surface area contributed by atoms with E-state index in [0.29, 0.717) is 6.42 Å². The van der Waals surface area contributed by atoms with Crippen molar-refractivity contribution in [3.05, 3.63) is 101 Å². The van der Waals surface area contributed by atoms with Crippen molar-refractivity contribution in [3.8, 4) is 0 Å². The van der Waals surface area contributed by atoms with Crippen LogP contribution in [-0.2, 0) is 0 Å². The molecule has 0 aliphatic rings. The van der Waals surface area contributed by atoms with Crippen LogP contribution in [0.25, 0.3) is 0 Å². The lowest BCUT2D eigenvalue weighted by Crippen LogP contribution is -2.16. The number of hydrogen-bond donors (Lipinski definition) is 1. The van der Waals surface area contributed by atoms with Gasteiger partial charge in [0.15, 0.2) is 5.78 Å². The zero-order valence-electron chi connectivity index (χ0n) is 14.7. The summed E-state index contributed by atoms with van der Waals surface area (Å²) >= 11 is 0. The van der Waals surface area contributed by atoms with Gasteiger partial charge >= 0.3 is 0 Å². The van der Waals surface area contributed by atoms with E-state index >= 15 is 0 Å². The zero-order valence-corrected chi connectivity index (χ0v) is 14.7. The summed E-state index contributed by atoms with van der Waals surface area (Å²) in [6.45, 7) is 4.21. The molecule has 0 saturated heterocycles. The number of ketones is 1. The average Bonchev–Trinajstić information content (AvgIpc) is 2.66. The standard InChI is InChI=1S/C23H23NO/c1-17-10-9-15-21(18(17)2)24-22(19-11-5-3-6-12-19)16-23(25)20-13-7-4-8-14-20/h3-15,22,24H,16H2,1-2H3/t22-/m1/s1. The third kappa shape index (κ3) is 4.16. The number of anilines is 1. The number of carbonyl (C=O) groups excluding carboxylic acids is 1. The van der Waals surface area contributed by atoms with Gasteiger partial charge in [-0.05, 0) is 36.6 Å². The van der Waals surface area contributed by atoms with Crippen LogP contribution >= 0.6 is 0 Å². The topological polar surface area (TPSA) is 29.1 Å². The number of Topliss-reactive ketones (excluding diaryl/α,β-unsaturated/α-hetero) is 1. The van der Waals surface area contributed by atoms with Gasteiger partial charge in [-0.25, -0.2) is 0 Å². The summed E-state index contributed by atoms with van der Waals surface area (Å²) in [4.78, 5) is 12.7. The second-order valence-corrected chi connectivity index (χ2v) is 6.35. The first-order valence-corrected chi connectivity index (χ1v) is 8.61. The van der Waals surface area contributed by atoms with Crippen molar-refractivity contribution < 1.29 is 4.79 Å². The molecule has 0 amide bonds. The van der Waals surface area contributed by atoms with E-state index in [2.05, 4.69) is 43.4 Å². The molecule has 2 heteroatoms. The molecular weight excluding hydrogens is 306 g/mol. The number of rotatable bonds is 6. The predicted octanol–water partition coefficient (Wildman–Crippen LogP) is 5.73. The molecule has 0 saturated carbocycles. The van der Waals surface area contributed by atoms with Crippen LogP contribution in [0.2, 0.25) is 0 Å². The minimum atomic E-state index is -0.0607. The second kappa shape index (κ2) is 7.80. The number of benzene rings is 3. The Morgan fingerprint density at radius 3 is 2.16 bits per heavy atom. The summed E-state index contributed by atoms with van der Waals surface area (Å²) in [6.07, 6.45) is 0.418. The van der Waals surface area contributed by atoms with E-state index in [0.717, 1.165) is 16.8 Å². The van der Waals surface area contributed by atoms with Gasteiger partial charge in [-0.3, -0.25) is 4.79 Å². The lowest BCUT2D eigenvalue weighted by atomic mass is 9.97. The van der Waals surface area contributed by atoms with E-state index in [1.807, 2.05) is 54.6 Å². The van der Waals surface area contributed by atoms with E-state index in [4.69, 9.17) is 0 Å². The van der Waals surface area contributed by atoms with Crippen LogP contribution in [0.5, 0.6) is 0 Å². The van der Waals surface area contributed by atoms with Crippen molar-refractivity contribution in [3.63, 3.8) is 0 Å². The third-order valence-corrected chi connectivity index (χ3v) is 4.62. The fourth-order valence-electron chi connectivity index (χ4n) is 2.96. The first-order valence-electron chi connectivity index (χ1n) is 8.61. The number of hydrogen-bond acceptors (Lipinski definition) is 2. The molecule has 0 unspecified atom stereocenters. The number of aryl methyl sites for hydroxylation is 1. The molecule has 1 atom stereocenters. The molecule has 0 fully saturated rings. The Hall–Kier alpha value is -2.87. The average molecular weight is 329 g/mol. The molecule has 0 radical (unpaired) electrons. The molecule has 2 nitrogen and oxygen atoms in total. The van der Waals surface area contributed by atoms with E-state index in [1.165, 1.54) is 11.1 Å². The van der Waals surface area contributed by atoms with Crippen molar-refractivity contribution in [2.75, 3.05) is 5.32 Å². The molecule has 0 aliphatic heterocycles. The van der Waals surface area contributed by atoms with Crippen molar-refractivity contribution in [2.45, 2.75) is 26.3 Å². The van der Waals surface area contributed by atoms with E-state index in [-0.39, 0.29) is 11.8 Å². The second-order valence-electron chi connectivity index (χ2n) is 6.35. The van der Waals surface area contributed by atoms with Gasteiger partial charge < -0.3 is 5.32 Å². The van der Waals surface area contributed by atoms with Crippen molar-refractivity contribution >= 4 is 11.5 Å². The summed E-state index contributed by atoms with van der Waals surface area (Å²) in [5.41, 5.74) is 5.41. The summed E-state index contributed by atoms with van der Waals surface area (Å²) in [7, 11) is 0. The highest BCUT2D eigenvalue weighted by Gasteiger charge is 2.18. The highest BCUT2D eigenvalue weighted by molar-refractivity contribution is 5.96. The first-order chi connectivity index (χ1) is 12.1. The molecule has 126 valence electrons. The van der Waals surface area contributed by atoms with Gasteiger partial charge in [0.25, 0.3) is 0 Å². The largest absolute Gasteiger partial charge is 0.378 e. The quantitative estimate of drug-likeness (QED) is 0.585. The minimum Gasteiger partial charge on any atom is -0.378 e. The lowest BCUT2D eigenvalue weighted by molar-refractivity contribution is 0.0976. The lowest BCUT2D eigenvalue weighted by Gasteiger charge is -2.22. The number of carbonyl (C=O) groups is 1. The molecular formula is C23H23NO. The Morgan fingerprint density at radius 2 is 1.48 bits per heavy atom. The Balaban J connectivity index is 1.88. The van der Waals surface area contributed by atoms with Crippen LogP contribution in [0.15, 0.2) is 78.9 Å². The maximum atomic E-state index is 12.7.